The molecular formula is C11H21N3. The molecule has 0 saturated heterocycles. The molecule has 0 aliphatic carbocycles. The Morgan fingerprint density at radius 2 is 2.00 bits per heavy atom. The summed E-state index contributed by atoms with van der Waals surface area (Å²) in [7, 11) is 0. The third-order valence-corrected chi connectivity index (χ3v) is 2.65. The average molecular weight is 195 g/mol. The van der Waals surface area contributed by atoms with Crippen LogP contribution in [-0.4, -0.2) is 16.5 Å². The predicted molar refractivity (Wildman–Crippen MR) is 59.3 cm³/mol. The lowest BCUT2D eigenvalue weighted by Gasteiger charge is -2.15. The SMILES string of the molecule is CC(C)c1cnc(C(CN)C(C)C)[nH]1. The Kier molecular flexibility index (Phi) is 3.69. The van der Waals surface area contributed by atoms with Crippen LogP contribution in [0.15, 0.2) is 6.20 Å². The fourth-order valence-corrected chi connectivity index (χ4v) is 1.53. The molecule has 0 saturated carbocycles. The lowest BCUT2D eigenvalue weighted by molar-refractivity contribution is 0.486. The van der Waals surface area contributed by atoms with Crippen molar-refractivity contribution in [1.29, 1.82) is 0 Å². The van der Waals surface area contributed by atoms with Crippen LogP contribution < -0.4 is 5.73 Å². The highest BCUT2D eigenvalue weighted by atomic mass is 14.9. The summed E-state index contributed by atoms with van der Waals surface area (Å²) in [4.78, 5) is 7.75. The highest BCUT2D eigenvalue weighted by molar-refractivity contribution is 5.09. The van der Waals surface area contributed by atoms with Crippen LogP contribution in [0.2, 0.25) is 0 Å². The van der Waals surface area contributed by atoms with Gasteiger partial charge in [0, 0.05) is 24.4 Å². The number of rotatable bonds is 4. The Labute approximate surface area is 86.1 Å². The van der Waals surface area contributed by atoms with Crippen LogP contribution in [0.5, 0.6) is 0 Å². The molecule has 1 aromatic rings. The molecule has 1 aromatic heterocycles. The smallest absolute Gasteiger partial charge is 0.110 e. The number of nitrogens with zero attached hydrogens (tertiary/aromatic N) is 1. The van der Waals surface area contributed by atoms with E-state index in [0.29, 0.717) is 24.3 Å². The number of nitrogens with one attached hydrogen (secondary N) is 1. The molecule has 1 unspecified atom stereocenters. The van der Waals surface area contributed by atoms with Crippen molar-refractivity contribution >= 4 is 0 Å². The number of hydrogen-bond donors (Lipinski definition) is 2. The number of imidazole rings is 1. The third kappa shape index (κ3) is 2.35. The molecule has 1 atom stereocenters. The van der Waals surface area contributed by atoms with Gasteiger partial charge in [-0.15, -0.1) is 0 Å². The first-order chi connectivity index (χ1) is 6.56. The van der Waals surface area contributed by atoms with E-state index in [2.05, 4.69) is 37.7 Å². The van der Waals surface area contributed by atoms with Crippen molar-refractivity contribution in [3.63, 3.8) is 0 Å². The van der Waals surface area contributed by atoms with E-state index in [1.807, 2.05) is 6.20 Å². The van der Waals surface area contributed by atoms with Gasteiger partial charge in [0.1, 0.15) is 5.82 Å². The maximum absolute atomic E-state index is 5.73. The molecule has 0 aromatic carbocycles. The first kappa shape index (κ1) is 11.2. The summed E-state index contributed by atoms with van der Waals surface area (Å²) in [6.07, 6.45) is 1.92. The molecule has 0 radical (unpaired) electrons. The quantitative estimate of drug-likeness (QED) is 0.774. The Hall–Kier alpha value is -0.830. The summed E-state index contributed by atoms with van der Waals surface area (Å²) in [6.45, 7) is 9.32. The van der Waals surface area contributed by atoms with E-state index in [-0.39, 0.29) is 0 Å². The van der Waals surface area contributed by atoms with E-state index >= 15 is 0 Å². The van der Waals surface area contributed by atoms with E-state index in [9.17, 15) is 0 Å². The van der Waals surface area contributed by atoms with Gasteiger partial charge in [-0.2, -0.15) is 0 Å². The number of H-pyrrole nitrogens is 1. The van der Waals surface area contributed by atoms with Crippen molar-refractivity contribution in [3.05, 3.63) is 17.7 Å². The van der Waals surface area contributed by atoms with E-state index in [1.54, 1.807) is 0 Å². The van der Waals surface area contributed by atoms with Gasteiger partial charge < -0.3 is 10.7 Å². The van der Waals surface area contributed by atoms with Gasteiger partial charge in [-0.25, -0.2) is 4.98 Å². The summed E-state index contributed by atoms with van der Waals surface area (Å²) >= 11 is 0. The fourth-order valence-electron chi connectivity index (χ4n) is 1.53. The van der Waals surface area contributed by atoms with E-state index in [0.717, 1.165) is 5.82 Å². The summed E-state index contributed by atoms with van der Waals surface area (Å²) in [5.74, 6) is 2.42. The highest BCUT2D eigenvalue weighted by Gasteiger charge is 2.17. The Balaban J connectivity index is 2.84. The van der Waals surface area contributed by atoms with Crippen molar-refractivity contribution in [3.8, 4) is 0 Å². The highest BCUT2D eigenvalue weighted by Crippen LogP contribution is 2.22. The van der Waals surface area contributed by atoms with Gasteiger partial charge in [-0.1, -0.05) is 27.7 Å². The number of aromatic nitrogens is 2. The molecular weight excluding hydrogens is 174 g/mol. The number of aromatic amines is 1. The third-order valence-electron chi connectivity index (χ3n) is 2.65. The summed E-state index contributed by atoms with van der Waals surface area (Å²) in [5.41, 5.74) is 6.92. The molecule has 14 heavy (non-hydrogen) atoms. The van der Waals surface area contributed by atoms with Crippen LogP contribution in [0.3, 0.4) is 0 Å². The zero-order valence-electron chi connectivity index (χ0n) is 9.54. The van der Waals surface area contributed by atoms with Gasteiger partial charge in [0.15, 0.2) is 0 Å². The van der Waals surface area contributed by atoms with Crippen LogP contribution >= 0.6 is 0 Å². The van der Waals surface area contributed by atoms with Crippen molar-refractivity contribution in [1.82, 2.24) is 9.97 Å². The minimum atomic E-state index is 0.350. The molecule has 3 nitrogen and oxygen atoms in total. The molecule has 1 rings (SSSR count). The summed E-state index contributed by atoms with van der Waals surface area (Å²) in [6, 6.07) is 0. The number of hydrogen-bond acceptors (Lipinski definition) is 2. The molecule has 0 bridgehead atoms. The first-order valence-corrected chi connectivity index (χ1v) is 5.31. The first-order valence-electron chi connectivity index (χ1n) is 5.31. The molecule has 80 valence electrons. The molecule has 0 fully saturated rings. The second-order valence-electron chi connectivity index (χ2n) is 4.46. The van der Waals surface area contributed by atoms with Gasteiger partial charge >= 0.3 is 0 Å². The van der Waals surface area contributed by atoms with E-state index < -0.39 is 0 Å². The minimum absolute atomic E-state index is 0.350. The minimum Gasteiger partial charge on any atom is -0.345 e. The Bertz CT molecular complexity index is 276. The zero-order chi connectivity index (χ0) is 10.7. The lowest BCUT2D eigenvalue weighted by Crippen LogP contribution is -2.19. The second kappa shape index (κ2) is 4.60. The maximum atomic E-state index is 5.73. The van der Waals surface area contributed by atoms with Crippen LogP contribution in [0.4, 0.5) is 0 Å². The van der Waals surface area contributed by atoms with Crippen LogP contribution in [0.1, 0.15) is 51.0 Å². The van der Waals surface area contributed by atoms with Crippen LogP contribution in [0.25, 0.3) is 0 Å². The molecule has 3 heteroatoms. The van der Waals surface area contributed by atoms with Gasteiger partial charge in [0.2, 0.25) is 0 Å². The van der Waals surface area contributed by atoms with Gasteiger partial charge in [-0.3, -0.25) is 0 Å². The molecule has 0 aliphatic heterocycles. The van der Waals surface area contributed by atoms with Gasteiger partial charge in [0.05, 0.1) is 0 Å². The predicted octanol–water partition coefficient (Wildman–Crippen LogP) is 2.23. The van der Waals surface area contributed by atoms with Gasteiger partial charge in [0.25, 0.3) is 0 Å². The van der Waals surface area contributed by atoms with Crippen molar-refractivity contribution in [2.45, 2.75) is 39.5 Å². The topological polar surface area (TPSA) is 54.7 Å². The fraction of sp³-hybridized carbons (Fsp3) is 0.727. The van der Waals surface area contributed by atoms with Crippen LogP contribution in [0, 0.1) is 5.92 Å². The summed E-state index contributed by atoms with van der Waals surface area (Å²) in [5, 5.41) is 0. The van der Waals surface area contributed by atoms with Crippen molar-refractivity contribution in [2.24, 2.45) is 11.7 Å². The van der Waals surface area contributed by atoms with Gasteiger partial charge in [-0.05, 0) is 11.8 Å². The maximum Gasteiger partial charge on any atom is 0.110 e. The zero-order valence-corrected chi connectivity index (χ0v) is 9.54. The lowest BCUT2D eigenvalue weighted by atomic mass is 9.95. The van der Waals surface area contributed by atoms with E-state index in [1.165, 1.54) is 5.69 Å². The number of nitrogens with two attached hydrogens (primary N) is 1. The second-order valence-corrected chi connectivity index (χ2v) is 4.46. The molecule has 3 N–H and O–H groups in total. The Morgan fingerprint density at radius 1 is 1.36 bits per heavy atom. The molecule has 0 aliphatic rings. The largest absolute Gasteiger partial charge is 0.345 e. The molecule has 0 amide bonds. The van der Waals surface area contributed by atoms with Crippen LogP contribution in [-0.2, 0) is 0 Å². The average Bonchev–Trinajstić information content (AvgIpc) is 2.53. The standard InChI is InChI=1S/C11H21N3/c1-7(2)9(5-12)11-13-6-10(14-11)8(3)4/h6-9H,5,12H2,1-4H3,(H,13,14). The molecule has 0 spiro atoms. The summed E-state index contributed by atoms with van der Waals surface area (Å²) < 4.78 is 0. The van der Waals surface area contributed by atoms with Crippen molar-refractivity contribution < 1.29 is 0 Å². The normalized spacial score (nSPS) is 13.9. The van der Waals surface area contributed by atoms with Crippen molar-refractivity contribution in [2.75, 3.05) is 6.54 Å². The monoisotopic (exact) mass is 195 g/mol. The Morgan fingerprint density at radius 3 is 2.36 bits per heavy atom. The van der Waals surface area contributed by atoms with E-state index in [4.69, 9.17) is 5.73 Å². The molecule has 1 heterocycles.